The number of phenolic OH excluding ortho intramolecular Hbond substituents is 1. The van der Waals surface area contributed by atoms with Crippen LogP contribution in [0.1, 0.15) is 11.1 Å². The van der Waals surface area contributed by atoms with Crippen LogP contribution in [0.25, 0.3) is 6.08 Å². The van der Waals surface area contributed by atoms with Gasteiger partial charge in [-0.25, -0.2) is 4.39 Å². The lowest BCUT2D eigenvalue weighted by molar-refractivity contribution is 0.469. The third kappa shape index (κ3) is 3.28. The number of halogens is 2. The van der Waals surface area contributed by atoms with Crippen molar-refractivity contribution < 1.29 is 9.50 Å². The van der Waals surface area contributed by atoms with E-state index < -0.39 is 5.82 Å². The highest BCUT2D eigenvalue weighted by molar-refractivity contribution is 6.30. The molecular formula is C15H10ClFN2O. The number of benzene rings is 2. The second-order valence-electron chi connectivity index (χ2n) is 3.99. The van der Waals surface area contributed by atoms with Crippen LogP contribution in [0.15, 0.2) is 42.6 Å². The Morgan fingerprint density at radius 3 is 2.75 bits per heavy atom. The van der Waals surface area contributed by atoms with Gasteiger partial charge < -0.3 is 10.4 Å². The smallest absolute Gasteiger partial charge is 0.150 e. The highest BCUT2D eigenvalue weighted by Crippen LogP contribution is 2.20. The molecule has 0 bridgehead atoms. The normalized spacial score (nSPS) is 10.4. The van der Waals surface area contributed by atoms with Gasteiger partial charge in [-0.2, -0.15) is 5.26 Å². The number of nitriles is 1. The molecule has 2 aromatic carbocycles. The molecule has 100 valence electrons. The molecule has 2 rings (SSSR count). The lowest BCUT2D eigenvalue weighted by Gasteiger charge is -2.03. The van der Waals surface area contributed by atoms with Gasteiger partial charge in [0.25, 0.3) is 0 Å². The number of hydrogen-bond donors (Lipinski definition) is 2. The third-order valence-corrected chi connectivity index (χ3v) is 2.83. The van der Waals surface area contributed by atoms with Crippen molar-refractivity contribution in [3.05, 3.63) is 64.6 Å². The van der Waals surface area contributed by atoms with E-state index in [0.717, 1.165) is 6.07 Å². The average Bonchev–Trinajstić information content (AvgIpc) is 2.42. The maximum Gasteiger partial charge on any atom is 0.150 e. The van der Waals surface area contributed by atoms with Gasteiger partial charge in [0.2, 0.25) is 0 Å². The van der Waals surface area contributed by atoms with Crippen LogP contribution in [0.5, 0.6) is 5.75 Å². The summed E-state index contributed by atoms with van der Waals surface area (Å²) in [4.78, 5) is 0. The summed E-state index contributed by atoms with van der Waals surface area (Å²) < 4.78 is 13.4. The number of hydrogen-bond acceptors (Lipinski definition) is 3. The van der Waals surface area contributed by atoms with Crippen LogP contribution in [0, 0.1) is 17.1 Å². The van der Waals surface area contributed by atoms with Crippen LogP contribution in [0.3, 0.4) is 0 Å². The Kier molecular flexibility index (Phi) is 4.24. The first-order valence-electron chi connectivity index (χ1n) is 5.71. The van der Waals surface area contributed by atoms with Gasteiger partial charge in [-0.05, 0) is 35.9 Å². The zero-order chi connectivity index (χ0) is 14.5. The minimum absolute atomic E-state index is 0.138. The van der Waals surface area contributed by atoms with Crippen molar-refractivity contribution in [1.29, 1.82) is 5.26 Å². The Balaban J connectivity index is 2.16. The fourth-order valence-corrected chi connectivity index (χ4v) is 1.79. The molecule has 3 nitrogen and oxygen atoms in total. The number of anilines is 1. The summed E-state index contributed by atoms with van der Waals surface area (Å²) in [6.07, 6.45) is 3.15. The molecule has 0 fully saturated rings. The monoisotopic (exact) mass is 288 g/mol. The van der Waals surface area contributed by atoms with Gasteiger partial charge in [0.15, 0.2) is 0 Å². The summed E-state index contributed by atoms with van der Waals surface area (Å²) in [7, 11) is 0. The molecule has 0 spiro atoms. The summed E-state index contributed by atoms with van der Waals surface area (Å²) >= 11 is 5.80. The molecule has 0 atom stereocenters. The van der Waals surface area contributed by atoms with Crippen molar-refractivity contribution in [3.8, 4) is 11.8 Å². The largest absolute Gasteiger partial charge is 0.508 e. The Hall–Kier alpha value is -2.51. The number of rotatable bonds is 3. The van der Waals surface area contributed by atoms with E-state index in [-0.39, 0.29) is 11.4 Å². The molecule has 0 aliphatic carbocycles. The standard InChI is InChI=1S/C15H10ClFN2O/c16-12-2-1-10(11(7-12)9-18)5-6-19-15-4-3-13(20)8-14(15)17/h1-8,19-20H. The van der Waals surface area contributed by atoms with Gasteiger partial charge in [-0.15, -0.1) is 0 Å². The minimum atomic E-state index is -0.564. The fraction of sp³-hybridized carbons (Fsp3) is 0. The van der Waals surface area contributed by atoms with Crippen molar-refractivity contribution in [2.24, 2.45) is 0 Å². The maximum absolute atomic E-state index is 13.4. The topological polar surface area (TPSA) is 56.0 Å². The molecule has 0 heterocycles. The molecule has 0 aromatic heterocycles. The summed E-state index contributed by atoms with van der Waals surface area (Å²) in [6, 6.07) is 10.8. The lowest BCUT2D eigenvalue weighted by atomic mass is 10.1. The Labute approximate surface area is 120 Å². The molecule has 0 aliphatic rings. The Bertz CT molecular complexity index is 708. The van der Waals surface area contributed by atoms with Crippen LogP contribution in [0.2, 0.25) is 5.02 Å². The fourth-order valence-electron chi connectivity index (χ4n) is 1.61. The van der Waals surface area contributed by atoms with Gasteiger partial charge in [-0.3, -0.25) is 0 Å². The predicted octanol–water partition coefficient (Wildman–Crippen LogP) is 4.14. The van der Waals surface area contributed by atoms with E-state index in [1.165, 1.54) is 18.3 Å². The SMILES string of the molecule is N#Cc1cc(Cl)ccc1C=CNc1ccc(O)cc1F. The summed E-state index contributed by atoms with van der Waals surface area (Å²) in [6.45, 7) is 0. The molecule has 0 unspecified atom stereocenters. The van der Waals surface area contributed by atoms with E-state index in [1.807, 2.05) is 6.07 Å². The minimum Gasteiger partial charge on any atom is -0.508 e. The molecule has 0 saturated heterocycles. The molecule has 0 radical (unpaired) electrons. The molecule has 0 amide bonds. The molecule has 2 aromatic rings. The Morgan fingerprint density at radius 2 is 2.05 bits per heavy atom. The molecular weight excluding hydrogens is 279 g/mol. The van der Waals surface area contributed by atoms with Crippen LogP contribution in [-0.4, -0.2) is 5.11 Å². The first-order chi connectivity index (χ1) is 9.60. The van der Waals surface area contributed by atoms with Crippen molar-refractivity contribution in [2.45, 2.75) is 0 Å². The van der Waals surface area contributed by atoms with Crippen LogP contribution in [0.4, 0.5) is 10.1 Å². The molecule has 2 N–H and O–H groups in total. The van der Waals surface area contributed by atoms with Gasteiger partial charge in [0, 0.05) is 17.3 Å². The molecule has 0 saturated carbocycles. The molecule has 0 aliphatic heterocycles. The van der Waals surface area contributed by atoms with Gasteiger partial charge in [-0.1, -0.05) is 17.7 Å². The zero-order valence-electron chi connectivity index (χ0n) is 10.3. The highest BCUT2D eigenvalue weighted by Gasteiger charge is 2.02. The first-order valence-corrected chi connectivity index (χ1v) is 6.09. The van der Waals surface area contributed by atoms with E-state index in [4.69, 9.17) is 22.0 Å². The zero-order valence-corrected chi connectivity index (χ0v) is 11.0. The third-order valence-electron chi connectivity index (χ3n) is 2.59. The lowest BCUT2D eigenvalue weighted by Crippen LogP contribution is -1.91. The van der Waals surface area contributed by atoms with Gasteiger partial charge >= 0.3 is 0 Å². The molecule has 5 heteroatoms. The average molecular weight is 289 g/mol. The maximum atomic E-state index is 13.4. The highest BCUT2D eigenvalue weighted by atomic mass is 35.5. The second kappa shape index (κ2) is 6.09. The molecule has 20 heavy (non-hydrogen) atoms. The van der Waals surface area contributed by atoms with E-state index in [2.05, 4.69) is 5.32 Å². The predicted molar refractivity (Wildman–Crippen MR) is 76.9 cm³/mol. The van der Waals surface area contributed by atoms with Crippen molar-refractivity contribution in [1.82, 2.24) is 0 Å². The quantitative estimate of drug-likeness (QED) is 0.835. The van der Waals surface area contributed by atoms with E-state index in [9.17, 15) is 4.39 Å². The van der Waals surface area contributed by atoms with E-state index in [0.29, 0.717) is 16.1 Å². The summed E-state index contributed by atoms with van der Waals surface area (Å²) in [5.74, 6) is -0.701. The van der Waals surface area contributed by atoms with Gasteiger partial charge in [0.1, 0.15) is 11.6 Å². The Morgan fingerprint density at radius 1 is 1.25 bits per heavy atom. The number of nitrogens with zero attached hydrogens (tertiary/aromatic N) is 1. The van der Waals surface area contributed by atoms with Crippen LogP contribution < -0.4 is 5.32 Å². The van der Waals surface area contributed by atoms with Crippen molar-refractivity contribution >= 4 is 23.4 Å². The van der Waals surface area contributed by atoms with Crippen LogP contribution in [-0.2, 0) is 0 Å². The van der Waals surface area contributed by atoms with Crippen molar-refractivity contribution in [3.63, 3.8) is 0 Å². The summed E-state index contributed by atoms with van der Waals surface area (Å²) in [5.41, 5.74) is 1.33. The van der Waals surface area contributed by atoms with Crippen molar-refractivity contribution in [2.75, 3.05) is 5.32 Å². The number of aromatic hydroxyl groups is 1. The number of nitrogens with one attached hydrogen (secondary N) is 1. The van der Waals surface area contributed by atoms with Crippen LogP contribution >= 0.6 is 11.6 Å². The van der Waals surface area contributed by atoms with E-state index >= 15 is 0 Å². The first kappa shape index (κ1) is 13.9. The summed E-state index contributed by atoms with van der Waals surface area (Å²) in [5, 5.41) is 21.3. The number of phenols is 1. The van der Waals surface area contributed by atoms with E-state index in [1.54, 1.807) is 24.3 Å². The second-order valence-corrected chi connectivity index (χ2v) is 4.42. The van der Waals surface area contributed by atoms with Gasteiger partial charge in [0.05, 0.1) is 17.3 Å².